The predicted molar refractivity (Wildman–Crippen MR) is 110 cm³/mol. The van der Waals surface area contributed by atoms with E-state index < -0.39 is 78.9 Å². The van der Waals surface area contributed by atoms with Crippen molar-refractivity contribution in [1.29, 1.82) is 0 Å². The average molecular weight is 683 g/mol. The van der Waals surface area contributed by atoms with Crippen molar-refractivity contribution in [1.82, 2.24) is 9.80 Å². The Morgan fingerprint density at radius 2 is 1.09 bits per heavy atom. The second-order valence-corrected chi connectivity index (χ2v) is 9.75. The fraction of sp³-hybridized carbons (Fsp3) is 0.667. The molecule has 1 aromatic rings. The van der Waals surface area contributed by atoms with E-state index >= 15 is 0 Å². The normalized spacial score (nSPS) is 18.3. The molecule has 3 rings (SSSR count). The molecule has 2 aliphatic heterocycles. The van der Waals surface area contributed by atoms with Gasteiger partial charge in [-0.3, -0.25) is 9.69 Å². The zero-order valence-corrected chi connectivity index (χ0v) is 21.3. The molecule has 0 radical (unpaired) electrons. The summed E-state index contributed by atoms with van der Waals surface area (Å²) in [5, 5.41) is -6.86. The van der Waals surface area contributed by atoms with Gasteiger partial charge in [-0.1, -0.05) is 6.07 Å². The van der Waals surface area contributed by atoms with E-state index in [9.17, 15) is 75.0 Å². The molecular formula is C21H15ClF16N2O3. The van der Waals surface area contributed by atoms with Gasteiger partial charge in [0.05, 0.1) is 0 Å². The van der Waals surface area contributed by atoms with Gasteiger partial charge in [-0.15, -0.1) is 0 Å². The van der Waals surface area contributed by atoms with Gasteiger partial charge in [-0.05, 0) is 29.3 Å². The van der Waals surface area contributed by atoms with Crippen LogP contribution in [-0.2, 0) is 11.3 Å². The first-order chi connectivity index (χ1) is 19.2. The molecule has 0 atom stereocenters. The summed E-state index contributed by atoms with van der Waals surface area (Å²) >= 11 is 3.49. The third-order valence-corrected chi connectivity index (χ3v) is 6.73. The van der Waals surface area contributed by atoms with Gasteiger partial charge in [-0.2, -0.15) is 70.2 Å². The summed E-state index contributed by atoms with van der Waals surface area (Å²) in [6.45, 7) is -2.84. The van der Waals surface area contributed by atoms with E-state index in [0.29, 0.717) is 17.1 Å². The van der Waals surface area contributed by atoms with Crippen molar-refractivity contribution >= 4 is 17.5 Å². The van der Waals surface area contributed by atoms with Crippen LogP contribution in [-0.4, -0.2) is 95.5 Å². The maximum absolute atomic E-state index is 14.4. The Bertz CT molecular complexity index is 1220. The van der Waals surface area contributed by atoms with Crippen LogP contribution in [0.2, 0.25) is 0 Å². The van der Waals surface area contributed by atoms with Gasteiger partial charge in [0.25, 0.3) is 5.91 Å². The zero-order chi connectivity index (χ0) is 33.2. The van der Waals surface area contributed by atoms with Crippen LogP contribution in [0.5, 0.6) is 11.5 Å². The molecule has 0 aromatic heterocycles. The van der Waals surface area contributed by atoms with Crippen molar-refractivity contribution in [3.05, 3.63) is 23.8 Å². The highest BCUT2D eigenvalue weighted by molar-refractivity contribution is 6.22. The van der Waals surface area contributed by atoms with Crippen LogP contribution in [0, 0.1) is 0 Å². The van der Waals surface area contributed by atoms with Crippen molar-refractivity contribution < 1.29 is 84.5 Å². The Hall–Kier alpha value is -2.58. The summed E-state index contributed by atoms with van der Waals surface area (Å²) in [5.74, 6) is -59.5. The molecule has 0 bridgehead atoms. The standard InChI is InChI=1S/C21H15ClF16N2O3/c22-21(37,38)20(35,36)19(33,34)18(31,32)17(29,30)16(27,28)15(25,26)14(23,24)13(41)40-5-3-39(4-6-40)8-10-1-2-11-12(7-10)43-9-42-11/h1-2,7H,3-6,8-9H2. The van der Waals surface area contributed by atoms with Crippen LogP contribution < -0.4 is 9.47 Å². The molecule has 2 heterocycles. The van der Waals surface area contributed by atoms with Crippen LogP contribution in [0.4, 0.5) is 70.2 Å². The van der Waals surface area contributed by atoms with Gasteiger partial charge in [0, 0.05) is 32.7 Å². The number of carbonyl (C=O) groups excluding carboxylic acids is 1. The van der Waals surface area contributed by atoms with Crippen molar-refractivity contribution in [2.45, 2.75) is 53.4 Å². The third kappa shape index (κ3) is 5.16. The third-order valence-electron chi connectivity index (χ3n) is 6.49. The lowest BCUT2D eigenvalue weighted by atomic mass is 9.88. The summed E-state index contributed by atoms with van der Waals surface area (Å²) in [5.41, 5.74) is 0.526. The number of rotatable bonds is 10. The van der Waals surface area contributed by atoms with Gasteiger partial charge in [0.15, 0.2) is 11.5 Å². The van der Waals surface area contributed by atoms with Gasteiger partial charge < -0.3 is 14.4 Å². The molecule has 1 saturated heterocycles. The second-order valence-electron chi connectivity index (χ2n) is 9.27. The van der Waals surface area contributed by atoms with Gasteiger partial charge in [0.2, 0.25) is 6.79 Å². The number of halogens is 17. The summed E-state index contributed by atoms with van der Waals surface area (Å²) in [6.07, 6.45) is 0. The fourth-order valence-corrected chi connectivity index (χ4v) is 4.02. The van der Waals surface area contributed by atoms with E-state index in [1.54, 1.807) is 0 Å². The highest BCUT2D eigenvalue weighted by Crippen LogP contribution is 2.64. The van der Waals surface area contributed by atoms with Crippen molar-refractivity contribution in [2.75, 3.05) is 33.0 Å². The molecule has 246 valence electrons. The lowest BCUT2D eigenvalue weighted by molar-refractivity contribution is -0.446. The van der Waals surface area contributed by atoms with E-state index in [4.69, 9.17) is 9.47 Å². The van der Waals surface area contributed by atoms with Gasteiger partial charge >= 0.3 is 46.8 Å². The lowest BCUT2D eigenvalue weighted by Crippen LogP contribution is -2.75. The molecule has 43 heavy (non-hydrogen) atoms. The monoisotopic (exact) mass is 682 g/mol. The number of hydrogen-bond donors (Lipinski definition) is 0. The second kappa shape index (κ2) is 10.5. The molecule has 1 aromatic carbocycles. The van der Waals surface area contributed by atoms with Crippen molar-refractivity contribution in [3.8, 4) is 11.5 Å². The number of carbonyl (C=O) groups is 1. The number of alkyl halides is 17. The minimum atomic E-state index is -8.62. The predicted octanol–water partition coefficient (Wildman–Crippen LogP) is 6.34. The first kappa shape index (κ1) is 34.9. The van der Waals surface area contributed by atoms with Crippen LogP contribution in [0.1, 0.15) is 5.56 Å². The Labute approximate surface area is 234 Å². The minimum Gasteiger partial charge on any atom is -0.454 e. The topological polar surface area (TPSA) is 42.0 Å². The number of fused-ring (bicyclic) bond motifs is 1. The number of nitrogens with zero attached hydrogens (tertiary/aromatic N) is 2. The molecular weight excluding hydrogens is 668 g/mol. The Morgan fingerprint density at radius 1 is 0.651 bits per heavy atom. The summed E-state index contributed by atoms with van der Waals surface area (Å²) < 4.78 is 229. The molecule has 1 fully saturated rings. The van der Waals surface area contributed by atoms with Crippen LogP contribution in [0.15, 0.2) is 18.2 Å². The highest BCUT2D eigenvalue weighted by Gasteiger charge is 2.95. The number of hydrogen-bond acceptors (Lipinski definition) is 4. The molecule has 0 spiro atoms. The average Bonchev–Trinajstić information content (AvgIpc) is 3.35. The fourth-order valence-electron chi connectivity index (χ4n) is 3.90. The number of piperazine rings is 1. The number of amides is 1. The minimum absolute atomic E-state index is 0.0186. The Kier molecular flexibility index (Phi) is 8.53. The van der Waals surface area contributed by atoms with Crippen LogP contribution in [0.25, 0.3) is 0 Å². The molecule has 0 saturated carbocycles. The van der Waals surface area contributed by atoms with E-state index in [2.05, 4.69) is 11.6 Å². The molecule has 0 unspecified atom stereocenters. The maximum atomic E-state index is 14.4. The largest absolute Gasteiger partial charge is 0.454 e. The van der Waals surface area contributed by atoms with E-state index in [0.717, 1.165) is 0 Å². The first-order valence-corrected chi connectivity index (χ1v) is 11.7. The zero-order valence-electron chi connectivity index (χ0n) is 20.5. The van der Waals surface area contributed by atoms with Crippen molar-refractivity contribution in [3.63, 3.8) is 0 Å². The number of benzene rings is 1. The SMILES string of the molecule is O=C(N1CCN(Cc2ccc3c(c2)OCO3)CC1)C(F)(F)C(F)(F)C(F)(F)C(F)(F)C(F)(F)C(F)(F)C(F)(F)C(F)(F)Cl. The molecule has 1 amide bonds. The summed E-state index contributed by atoms with van der Waals surface area (Å²) in [4.78, 5) is 13.2. The molecule has 22 heteroatoms. The van der Waals surface area contributed by atoms with E-state index in [-0.39, 0.29) is 18.2 Å². The van der Waals surface area contributed by atoms with Crippen LogP contribution in [0.3, 0.4) is 0 Å². The number of ether oxygens (including phenoxy) is 2. The molecule has 0 aliphatic carbocycles. The van der Waals surface area contributed by atoms with E-state index in [1.807, 2.05) is 0 Å². The maximum Gasteiger partial charge on any atom is 0.393 e. The summed E-state index contributed by atoms with van der Waals surface area (Å²) in [6, 6.07) is 4.53. The lowest BCUT2D eigenvalue weighted by Gasteiger charge is -2.43. The smallest absolute Gasteiger partial charge is 0.393 e. The molecule has 2 aliphatic rings. The molecule has 5 nitrogen and oxygen atoms in total. The van der Waals surface area contributed by atoms with Gasteiger partial charge in [-0.25, -0.2) is 0 Å². The van der Waals surface area contributed by atoms with Gasteiger partial charge in [0.1, 0.15) is 0 Å². The van der Waals surface area contributed by atoms with Crippen LogP contribution >= 0.6 is 11.6 Å². The van der Waals surface area contributed by atoms with E-state index in [1.165, 1.54) is 23.1 Å². The molecule has 0 N–H and O–H groups in total. The van der Waals surface area contributed by atoms with Crippen molar-refractivity contribution in [2.24, 2.45) is 0 Å². The first-order valence-electron chi connectivity index (χ1n) is 11.3. The highest BCUT2D eigenvalue weighted by atomic mass is 35.5. The quantitative estimate of drug-likeness (QED) is 0.214. The Morgan fingerprint density at radius 3 is 1.58 bits per heavy atom. The Balaban J connectivity index is 1.80. The summed E-state index contributed by atoms with van der Waals surface area (Å²) in [7, 11) is 0.